The first kappa shape index (κ1) is 11.2. The van der Waals surface area contributed by atoms with Crippen LogP contribution in [0.15, 0.2) is 6.07 Å². The van der Waals surface area contributed by atoms with Crippen LogP contribution in [-0.2, 0) is 0 Å². The van der Waals surface area contributed by atoms with Crippen LogP contribution >= 0.6 is 11.6 Å². The first-order chi connectivity index (χ1) is 6.43. The molecule has 0 radical (unpaired) electrons. The highest BCUT2D eigenvalue weighted by Crippen LogP contribution is 2.27. The molecule has 0 aliphatic rings. The molecule has 8 heteroatoms. The van der Waals surface area contributed by atoms with Crippen molar-refractivity contribution in [2.24, 2.45) is 0 Å². The third-order valence-corrected chi connectivity index (χ3v) is 1.85. The lowest BCUT2D eigenvalue weighted by molar-refractivity contribution is 0.152. The maximum absolute atomic E-state index is 12.3. The molecule has 76 valence electrons. The van der Waals surface area contributed by atoms with Crippen molar-refractivity contribution < 1.29 is 18.8 Å². The molecule has 0 aliphatic heterocycles. The smallest absolute Gasteiger partial charge is 0.422 e. The standard InChI is InChI=1S/C6H6BClF2N2O2/c8-5-4(11)2(6(9)10)1-3(12-5)7(13)14/h1,6,13-14H,11H2. The van der Waals surface area contributed by atoms with Gasteiger partial charge in [0.1, 0.15) is 0 Å². The molecule has 0 atom stereocenters. The van der Waals surface area contributed by atoms with Gasteiger partial charge in [0.05, 0.1) is 11.3 Å². The Morgan fingerprint density at radius 1 is 1.50 bits per heavy atom. The van der Waals surface area contributed by atoms with E-state index in [0.29, 0.717) is 0 Å². The topological polar surface area (TPSA) is 79.4 Å². The van der Waals surface area contributed by atoms with E-state index < -0.39 is 19.1 Å². The lowest BCUT2D eigenvalue weighted by atomic mass is 9.85. The van der Waals surface area contributed by atoms with E-state index in [-0.39, 0.29) is 16.4 Å². The lowest BCUT2D eigenvalue weighted by Gasteiger charge is -2.08. The summed E-state index contributed by atoms with van der Waals surface area (Å²) in [5.74, 6) is 0. The Kier molecular flexibility index (Phi) is 3.25. The van der Waals surface area contributed by atoms with E-state index in [1.54, 1.807) is 0 Å². The minimum Gasteiger partial charge on any atom is -0.422 e. The van der Waals surface area contributed by atoms with Gasteiger partial charge < -0.3 is 15.8 Å². The van der Waals surface area contributed by atoms with Gasteiger partial charge in [0.2, 0.25) is 0 Å². The largest absolute Gasteiger partial charge is 0.508 e. The van der Waals surface area contributed by atoms with Gasteiger partial charge in [-0.15, -0.1) is 0 Å². The number of nitrogens with two attached hydrogens (primary N) is 1. The molecule has 0 saturated heterocycles. The molecule has 0 amide bonds. The van der Waals surface area contributed by atoms with Crippen LogP contribution in [0.1, 0.15) is 12.0 Å². The molecule has 4 nitrogen and oxygen atoms in total. The zero-order valence-corrected chi connectivity index (χ0v) is 7.54. The summed E-state index contributed by atoms with van der Waals surface area (Å²) >= 11 is 5.42. The molecular formula is C6H6BClF2N2O2. The van der Waals surface area contributed by atoms with Crippen LogP contribution in [-0.4, -0.2) is 22.2 Å². The molecule has 0 bridgehead atoms. The Morgan fingerprint density at radius 2 is 2.07 bits per heavy atom. The van der Waals surface area contributed by atoms with E-state index >= 15 is 0 Å². The first-order valence-electron chi connectivity index (χ1n) is 3.53. The number of pyridine rings is 1. The maximum Gasteiger partial charge on any atom is 0.508 e. The van der Waals surface area contributed by atoms with Crippen LogP contribution in [0.4, 0.5) is 14.5 Å². The van der Waals surface area contributed by atoms with Crippen LogP contribution in [0, 0.1) is 0 Å². The van der Waals surface area contributed by atoms with Crippen molar-refractivity contribution in [1.29, 1.82) is 0 Å². The number of hydrogen-bond donors (Lipinski definition) is 3. The van der Waals surface area contributed by atoms with Crippen molar-refractivity contribution >= 4 is 30.0 Å². The quantitative estimate of drug-likeness (QED) is 0.484. The van der Waals surface area contributed by atoms with Gasteiger partial charge in [-0.1, -0.05) is 11.6 Å². The summed E-state index contributed by atoms with van der Waals surface area (Å²) in [5.41, 5.74) is 3.94. The van der Waals surface area contributed by atoms with Crippen LogP contribution in [0.5, 0.6) is 0 Å². The number of aromatic nitrogens is 1. The summed E-state index contributed by atoms with van der Waals surface area (Å²) in [7, 11) is -1.95. The average molecular weight is 222 g/mol. The zero-order valence-electron chi connectivity index (χ0n) is 6.78. The molecule has 0 fully saturated rings. The van der Waals surface area contributed by atoms with Crippen LogP contribution in [0.25, 0.3) is 0 Å². The highest BCUT2D eigenvalue weighted by molar-refractivity contribution is 6.57. The fraction of sp³-hybridized carbons (Fsp3) is 0.167. The molecule has 14 heavy (non-hydrogen) atoms. The Balaban J connectivity index is 3.28. The summed E-state index contributed by atoms with van der Waals surface area (Å²) in [4.78, 5) is 3.42. The zero-order chi connectivity index (χ0) is 10.9. The molecule has 0 aliphatic carbocycles. The predicted octanol–water partition coefficient (Wildman–Crippen LogP) is -0.0654. The van der Waals surface area contributed by atoms with Crippen molar-refractivity contribution in [3.05, 3.63) is 16.8 Å². The number of alkyl halides is 2. The van der Waals surface area contributed by atoms with Gasteiger partial charge in [0.15, 0.2) is 5.15 Å². The van der Waals surface area contributed by atoms with E-state index in [1.807, 2.05) is 0 Å². The molecule has 0 unspecified atom stereocenters. The molecule has 1 aromatic rings. The van der Waals surface area contributed by atoms with Gasteiger partial charge in [-0.05, 0) is 6.07 Å². The van der Waals surface area contributed by atoms with Crippen LogP contribution in [0.2, 0.25) is 5.15 Å². The summed E-state index contributed by atoms with van der Waals surface area (Å²) in [6.07, 6.45) is -2.84. The molecule has 4 N–H and O–H groups in total. The van der Waals surface area contributed by atoms with Gasteiger partial charge in [0, 0.05) is 5.56 Å². The summed E-state index contributed by atoms with van der Waals surface area (Å²) in [6, 6.07) is 0.802. The molecule has 1 aromatic heterocycles. The molecule has 0 aromatic carbocycles. The monoisotopic (exact) mass is 222 g/mol. The summed E-state index contributed by atoms with van der Waals surface area (Å²) in [5, 5.41) is 17.0. The maximum atomic E-state index is 12.3. The SMILES string of the molecule is Nc1c(C(F)F)cc(B(O)O)nc1Cl. The molecule has 1 rings (SSSR count). The van der Waals surface area contributed by atoms with E-state index in [4.69, 9.17) is 27.4 Å². The van der Waals surface area contributed by atoms with Gasteiger partial charge >= 0.3 is 7.12 Å². The lowest BCUT2D eigenvalue weighted by Crippen LogP contribution is -2.33. The van der Waals surface area contributed by atoms with E-state index in [9.17, 15) is 8.78 Å². The number of anilines is 1. The second-order valence-corrected chi connectivity index (χ2v) is 2.87. The highest BCUT2D eigenvalue weighted by atomic mass is 35.5. The normalized spacial score (nSPS) is 10.7. The van der Waals surface area contributed by atoms with Crippen LogP contribution < -0.4 is 11.3 Å². The average Bonchev–Trinajstić information content (AvgIpc) is 2.08. The van der Waals surface area contributed by atoms with Crippen LogP contribution in [0.3, 0.4) is 0 Å². The van der Waals surface area contributed by atoms with Crippen molar-refractivity contribution in [3.8, 4) is 0 Å². The number of nitrogens with zero attached hydrogens (tertiary/aromatic N) is 1. The molecule has 1 heterocycles. The van der Waals surface area contributed by atoms with Gasteiger partial charge in [-0.3, -0.25) is 0 Å². The molecule has 0 saturated carbocycles. The number of rotatable bonds is 2. The molecular weight excluding hydrogens is 216 g/mol. The van der Waals surface area contributed by atoms with Gasteiger partial charge in [0.25, 0.3) is 6.43 Å². The van der Waals surface area contributed by atoms with E-state index in [2.05, 4.69) is 4.98 Å². The second kappa shape index (κ2) is 4.08. The summed E-state index contributed by atoms with van der Waals surface area (Å²) in [6.45, 7) is 0. The fourth-order valence-electron chi connectivity index (χ4n) is 0.875. The fourth-order valence-corrected chi connectivity index (χ4v) is 1.08. The van der Waals surface area contributed by atoms with Crippen molar-refractivity contribution in [3.63, 3.8) is 0 Å². The minimum atomic E-state index is -2.84. The van der Waals surface area contributed by atoms with Gasteiger partial charge in [-0.25, -0.2) is 13.8 Å². The van der Waals surface area contributed by atoms with Crippen molar-refractivity contribution in [1.82, 2.24) is 4.98 Å². The number of nitrogen functional groups attached to an aromatic ring is 1. The van der Waals surface area contributed by atoms with Gasteiger partial charge in [-0.2, -0.15) is 0 Å². The Labute approximate surface area is 83.5 Å². The minimum absolute atomic E-state index is 0.355. The number of halogens is 3. The number of hydrogen-bond acceptors (Lipinski definition) is 4. The van der Waals surface area contributed by atoms with E-state index in [1.165, 1.54) is 0 Å². The Morgan fingerprint density at radius 3 is 2.50 bits per heavy atom. The third kappa shape index (κ3) is 2.12. The second-order valence-electron chi connectivity index (χ2n) is 2.52. The Bertz CT molecular complexity index is 351. The molecule has 0 spiro atoms. The van der Waals surface area contributed by atoms with Crippen molar-refractivity contribution in [2.45, 2.75) is 6.43 Å². The van der Waals surface area contributed by atoms with Crippen molar-refractivity contribution in [2.75, 3.05) is 5.73 Å². The third-order valence-electron chi connectivity index (χ3n) is 1.56. The summed E-state index contributed by atoms with van der Waals surface area (Å²) < 4.78 is 24.6. The highest BCUT2D eigenvalue weighted by Gasteiger charge is 2.21. The first-order valence-corrected chi connectivity index (χ1v) is 3.91. The van der Waals surface area contributed by atoms with E-state index in [0.717, 1.165) is 6.07 Å². The Hall–Kier alpha value is -0.915. The predicted molar refractivity (Wildman–Crippen MR) is 48.4 cm³/mol.